The summed E-state index contributed by atoms with van der Waals surface area (Å²) in [5.41, 5.74) is 0.993. The molecule has 0 unspecified atom stereocenters. The van der Waals surface area contributed by atoms with E-state index in [0.717, 1.165) is 0 Å². The second-order valence-electron chi connectivity index (χ2n) is 1.92. The topological polar surface area (TPSA) is 71.2 Å². The second-order valence-corrected chi connectivity index (χ2v) is 1.92. The minimum atomic E-state index is -0.177. The molecule has 0 aliphatic rings. The summed E-state index contributed by atoms with van der Waals surface area (Å²) in [4.78, 5) is 0. The van der Waals surface area contributed by atoms with Crippen LogP contribution in [0.1, 0.15) is 11.4 Å². The third-order valence-corrected chi connectivity index (χ3v) is 1.32. The maximum absolute atomic E-state index is 8.71. The Morgan fingerprint density at radius 1 is 1.40 bits per heavy atom. The van der Waals surface area contributed by atoms with Crippen molar-refractivity contribution in [3.63, 3.8) is 0 Å². The van der Waals surface area contributed by atoms with Crippen LogP contribution >= 0.6 is 0 Å². The van der Waals surface area contributed by atoms with E-state index in [4.69, 9.17) is 10.2 Å². The Bertz CT molecular complexity index is 221. The predicted molar refractivity (Wildman–Crippen MR) is 32.8 cm³/mol. The van der Waals surface area contributed by atoms with Gasteiger partial charge < -0.3 is 10.2 Å². The van der Waals surface area contributed by atoms with E-state index in [9.17, 15) is 0 Å². The number of aliphatic hydroxyl groups excluding tert-OH is 2. The van der Waals surface area contributed by atoms with Crippen LogP contribution in [0.4, 0.5) is 0 Å². The van der Waals surface area contributed by atoms with Gasteiger partial charge in [0.15, 0.2) is 0 Å². The van der Waals surface area contributed by atoms with E-state index in [0.29, 0.717) is 11.4 Å². The Hall–Kier alpha value is -0.940. The fourth-order valence-electron chi connectivity index (χ4n) is 0.736. The molecule has 1 heterocycles. The number of aromatic nitrogens is 3. The van der Waals surface area contributed by atoms with Gasteiger partial charge in [-0.15, -0.1) is 5.10 Å². The third-order valence-electron chi connectivity index (χ3n) is 1.32. The van der Waals surface area contributed by atoms with Crippen molar-refractivity contribution in [3.05, 3.63) is 11.4 Å². The van der Waals surface area contributed by atoms with E-state index in [1.807, 2.05) is 0 Å². The average molecular weight is 143 g/mol. The van der Waals surface area contributed by atoms with Gasteiger partial charge in [-0.3, -0.25) is 0 Å². The van der Waals surface area contributed by atoms with Gasteiger partial charge in [0.05, 0.1) is 18.9 Å². The van der Waals surface area contributed by atoms with E-state index < -0.39 is 0 Å². The lowest BCUT2D eigenvalue weighted by Crippen LogP contribution is -1.99. The quantitative estimate of drug-likeness (QED) is 0.545. The first-order valence-corrected chi connectivity index (χ1v) is 2.88. The van der Waals surface area contributed by atoms with Crippen molar-refractivity contribution >= 4 is 0 Å². The minimum absolute atomic E-state index is 0.139. The highest BCUT2D eigenvalue weighted by atomic mass is 16.3. The predicted octanol–water partition coefficient (Wildman–Crippen LogP) is -1.20. The zero-order chi connectivity index (χ0) is 7.56. The van der Waals surface area contributed by atoms with Crippen molar-refractivity contribution in [2.45, 2.75) is 13.2 Å². The number of aliphatic hydroxyl groups is 2. The monoisotopic (exact) mass is 143 g/mol. The van der Waals surface area contributed by atoms with E-state index in [1.165, 1.54) is 4.68 Å². The van der Waals surface area contributed by atoms with Crippen LogP contribution in [0.2, 0.25) is 0 Å². The summed E-state index contributed by atoms with van der Waals surface area (Å²) in [6.07, 6.45) is 0. The summed E-state index contributed by atoms with van der Waals surface area (Å²) in [7, 11) is 1.66. The smallest absolute Gasteiger partial charge is 0.114 e. The Morgan fingerprint density at radius 3 is 2.50 bits per heavy atom. The van der Waals surface area contributed by atoms with Gasteiger partial charge in [0, 0.05) is 7.05 Å². The van der Waals surface area contributed by atoms with Crippen molar-refractivity contribution in [1.29, 1.82) is 0 Å². The molecule has 1 aromatic heterocycles. The van der Waals surface area contributed by atoms with Crippen LogP contribution in [0, 0.1) is 0 Å². The van der Waals surface area contributed by atoms with Crippen LogP contribution in [0.25, 0.3) is 0 Å². The lowest BCUT2D eigenvalue weighted by molar-refractivity contribution is 0.251. The van der Waals surface area contributed by atoms with E-state index in [1.54, 1.807) is 7.05 Å². The first kappa shape index (κ1) is 7.17. The molecule has 0 saturated heterocycles. The molecule has 0 fully saturated rings. The van der Waals surface area contributed by atoms with E-state index >= 15 is 0 Å². The van der Waals surface area contributed by atoms with Crippen LogP contribution in [0.5, 0.6) is 0 Å². The number of nitrogens with zero attached hydrogens (tertiary/aromatic N) is 3. The molecule has 2 N–H and O–H groups in total. The molecule has 0 saturated carbocycles. The van der Waals surface area contributed by atoms with Crippen molar-refractivity contribution in [1.82, 2.24) is 15.0 Å². The first-order valence-electron chi connectivity index (χ1n) is 2.88. The average Bonchev–Trinajstić information content (AvgIpc) is 2.30. The highest BCUT2D eigenvalue weighted by Gasteiger charge is 2.06. The molecule has 5 nitrogen and oxygen atoms in total. The Kier molecular flexibility index (Phi) is 1.98. The summed E-state index contributed by atoms with van der Waals surface area (Å²) >= 11 is 0. The van der Waals surface area contributed by atoms with Gasteiger partial charge in [0.25, 0.3) is 0 Å². The van der Waals surface area contributed by atoms with Crippen LogP contribution in [-0.4, -0.2) is 25.2 Å². The van der Waals surface area contributed by atoms with Crippen LogP contribution in [0.3, 0.4) is 0 Å². The zero-order valence-electron chi connectivity index (χ0n) is 5.65. The Morgan fingerprint density at radius 2 is 2.10 bits per heavy atom. The Balaban J connectivity index is 3.01. The highest BCUT2D eigenvalue weighted by molar-refractivity contribution is 5.06. The van der Waals surface area contributed by atoms with Gasteiger partial charge in [-0.25, -0.2) is 4.68 Å². The summed E-state index contributed by atoms with van der Waals surface area (Å²) in [5, 5.41) is 24.6. The lowest BCUT2D eigenvalue weighted by atomic mass is 10.3. The van der Waals surface area contributed by atoms with Crippen molar-refractivity contribution < 1.29 is 10.2 Å². The fraction of sp³-hybridized carbons (Fsp3) is 0.600. The van der Waals surface area contributed by atoms with Crippen LogP contribution in [0.15, 0.2) is 0 Å². The van der Waals surface area contributed by atoms with Gasteiger partial charge in [-0.2, -0.15) is 0 Å². The molecular formula is C5H9N3O2. The summed E-state index contributed by atoms with van der Waals surface area (Å²) in [6.45, 7) is -0.316. The first-order chi connectivity index (χ1) is 4.79. The molecule has 0 atom stereocenters. The minimum Gasteiger partial charge on any atom is -0.390 e. The molecule has 5 heteroatoms. The van der Waals surface area contributed by atoms with Crippen molar-refractivity contribution in [3.8, 4) is 0 Å². The van der Waals surface area contributed by atoms with Gasteiger partial charge in [0.2, 0.25) is 0 Å². The lowest BCUT2D eigenvalue weighted by Gasteiger charge is -1.95. The molecule has 10 heavy (non-hydrogen) atoms. The SMILES string of the molecule is Cn1nnc(CO)c1CO. The van der Waals surface area contributed by atoms with E-state index in [-0.39, 0.29) is 13.2 Å². The number of hydrogen-bond donors (Lipinski definition) is 2. The standard InChI is InChI=1S/C5H9N3O2/c1-8-5(3-10)4(2-9)6-7-8/h9-10H,2-3H2,1H3. The molecule has 56 valence electrons. The van der Waals surface area contributed by atoms with Crippen molar-refractivity contribution in [2.75, 3.05) is 0 Å². The number of hydrogen-bond acceptors (Lipinski definition) is 4. The summed E-state index contributed by atoms with van der Waals surface area (Å²) < 4.78 is 1.44. The molecule has 1 rings (SSSR count). The zero-order valence-corrected chi connectivity index (χ0v) is 5.65. The number of rotatable bonds is 2. The van der Waals surface area contributed by atoms with Gasteiger partial charge in [0.1, 0.15) is 5.69 Å². The molecule has 0 bridgehead atoms. The molecule has 0 radical (unpaired) electrons. The maximum Gasteiger partial charge on any atom is 0.114 e. The second kappa shape index (κ2) is 2.76. The summed E-state index contributed by atoms with van der Waals surface area (Å²) in [5.74, 6) is 0. The molecule has 0 amide bonds. The maximum atomic E-state index is 8.71. The molecule has 0 spiro atoms. The van der Waals surface area contributed by atoms with Crippen molar-refractivity contribution in [2.24, 2.45) is 7.05 Å². The fourth-order valence-corrected chi connectivity index (χ4v) is 0.736. The van der Waals surface area contributed by atoms with E-state index in [2.05, 4.69) is 10.3 Å². The van der Waals surface area contributed by atoms with Gasteiger partial charge in [-0.1, -0.05) is 5.21 Å². The van der Waals surface area contributed by atoms with Crippen LogP contribution < -0.4 is 0 Å². The van der Waals surface area contributed by atoms with Crippen LogP contribution in [-0.2, 0) is 20.3 Å². The largest absolute Gasteiger partial charge is 0.390 e. The normalized spacial score (nSPS) is 10.3. The molecular weight excluding hydrogens is 134 g/mol. The Labute approximate surface area is 57.9 Å². The molecule has 1 aromatic rings. The molecule has 0 aliphatic heterocycles. The highest BCUT2D eigenvalue weighted by Crippen LogP contribution is 2.02. The van der Waals surface area contributed by atoms with Gasteiger partial charge >= 0.3 is 0 Å². The number of aryl methyl sites for hydroxylation is 1. The third kappa shape index (κ3) is 1.01. The van der Waals surface area contributed by atoms with Gasteiger partial charge in [-0.05, 0) is 0 Å². The summed E-state index contributed by atoms with van der Waals surface area (Å²) in [6, 6.07) is 0. The molecule has 0 aliphatic carbocycles. The molecule has 0 aromatic carbocycles.